The molecule has 0 nitrogen and oxygen atoms in total. The van der Waals surface area contributed by atoms with Crippen LogP contribution in [-0.2, 0) is 0 Å². The average molecular weight is 366 g/mol. The fourth-order valence-corrected chi connectivity index (χ4v) is 1.69. The van der Waals surface area contributed by atoms with Crippen LogP contribution in [-0.4, -0.2) is 8.86 Å². The standard InChI is InChI=1S/C8H16I2/c1-8(2,7-10)5-3-4-6-9/h3-7H2,1-2H3. The molecule has 0 unspecified atom stereocenters. The van der Waals surface area contributed by atoms with Crippen molar-refractivity contribution in [2.24, 2.45) is 5.41 Å². The van der Waals surface area contributed by atoms with E-state index in [1.807, 2.05) is 0 Å². The Balaban J connectivity index is 3.28. The number of halogens is 2. The quantitative estimate of drug-likeness (QED) is 0.391. The number of rotatable bonds is 5. The molecule has 0 amide bonds. The van der Waals surface area contributed by atoms with Crippen molar-refractivity contribution < 1.29 is 0 Å². The van der Waals surface area contributed by atoms with Gasteiger partial charge >= 0.3 is 0 Å². The van der Waals surface area contributed by atoms with Gasteiger partial charge in [0, 0.05) is 4.43 Å². The number of hydrogen-bond acceptors (Lipinski definition) is 0. The first-order valence-corrected chi connectivity index (χ1v) is 6.79. The van der Waals surface area contributed by atoms with Crippen LogP contribution in [0.3, 0.4) is 0 Å². The molecule has 0 spiro atoms. The van der Waals surface area contributed by atoms with Gasteiger partial charge in [-0.05, 0) is 22.7 Å². The molecule has 0 atom stereocenters. The molecule has 0 aromatic heterocycles. The highest BCUT2D eigenvalue weighted by Gasteiger charge is 2.14. The average Bonchev–Trinajstić information content (AvgIpc) is 1.89. The van der Waals surface area contributed by atoms with Crippen molar-refractivity contribution in [3.05, 3.63) is 0 Å². The summed E-state index contributed by atoms with van der Waals surface area (Å²) in [6.07, 6.45) is 4.18. The lowest BCUT2D eigenvalue weighted by molar-refractivity contribution is 0.380. The van der Waals surface area contributed by atoms with Crippen molar-refractivity contribution in [1.82, 2.24) is 0 Å². The molecule has 0 aliphatic rings. The summed E-state index contributed by atoms with van der Waals surface area (Å²) >= 11 is 4.93. The Labute approximate surface area is 91.8 Å². The van der Waals surface area contributed by atoms with E-state index in [0.717, 1.165) is 0 Å². The van der Waals surface area contributed by atoms with Crippen molar-refractivity contribution in [1.29, 1.82) is 0 Å². The van der Waals surface area contributed by atoms with E-state index in [1.54, 1.807) is 0 Å². The second-order valence-electron chi connectivity index (χ2n) is 3.44. The van der Waals surface area contributed by atoms with Crippen molar-refractivity contribution >= 4 is 45.2 Å². The molecule has 62 valence electrons. The van der Waals surface area contributed by atoms with Crippen LogP contribution >= 0.6 is 45.2 Å². The van der Waals surface area contributed by atoms with Gasteiger partial charge in [0.1, 0.15) is 0 Å². The van der Waals surface area contributed by atoms with Crippen LogP contribution in [0.5, 0.6) is 0 Å². The smallest absolute Gasteiger partial charge is 0.00467 e. The van der Waals surface area contributed by atoms with E-state index < -0.39 is 0 Å². The SMILES string of the molecule is CC(C)(CI)CCCCI. The molecule has 0 aliphatic heterocycles. The van der Waals surface area contributed by atoms with Crippen LogP contribution in [0, 0.1) is 5.41 Å². The van der Waals surface area contributed by atoms with Crippen molar-refractivity contribution in [3.63, 3.8) is 0 Å². The van der Waals surface area contributed by atoms with Gasteiger partial charge in [-0.3, -0.25) is 0 Å². The van der Waals surface area contributed by atoms with Crippen LogP contribution in [0.15, 0.2) is 0 Å². The van der Waals surface area contributed by atoms with E-state index in [1.165, 1.54) is 28.1 Å². The highest BCUT2D eigenvalue weighted by Crippen LogP contribution is 2.25. The summed E-state index contributed by atoms with van der Waals surface area (Å²) in [6, 6.07) is 0. The number of hydrogen-bond donors (Lipinski definition) is 0. The third-order valence-corrected chi connectivity index (χ3v) is 4.43. The van der Waals surface area contributed by atoms with Crippen molar-refractivity contribution in [2.75, 3.05) is 8.86 Å². The van der Waals surface area contributed by atoms with E-state index in [-0.39, 0.29) is 0 Å². The first-order chi connectivity index (χ1) is 4.62. The molecule has 0 N–H and O–H groups in total. The Hall–Kier alpha value is 1.46. The van der Waals surface area contributed by atoms with Crippen LogP contribution in [0.1, 0.15) is 33.1 Å². The maximum absolute atomic E-state index is 2.48. The largest absolute Gasteiger partial charge is 0.0864 e. The van der Waals surface area contributed by atoms with Crippen LogP contribution < -0.4 is 0 Å². The summed E-state index contributed by atoms with van der Waals surface area (Å²) in [5, 5.41) is 0. The normalized spacial score (nSPS) is 12.0. The minimum atomic E-state index is 0.576. The zero-order chi connectivity index (χ0) is 8.04. The van der Waals surface area contributed by atoms with Crippen LogP contribution in [0.2, 0.25) is 0 Å². The van der Waals surface area contributed by atoms with Gasteiger partial charge in [-0.15, -0.1) is 0 Å². The predicted molar refractivity (Wildman–Crippen MR) is 65.4 cm³/mol. The maximum Gasteiger partial charge on any atom is 0.00467 e. The van der Waals surface area contributed by atoms with Gasteiger partial charge in [-0.25, -0.2) is 0 Å². The first-order valence-electron chi connectivity index (χ1n) is 3.74. The molecule has 0 radical (unpaired) electrons. The molecule has 0 fully saturated rings. The molecular weight excluding hydrogens is 350 g/mol. The zero-order valence-electron chi connectivity index (χ0n) is 6.79. The third-order valence-electron chi connectivity index (χ3n) is 1.60. The first kappa shape index (κ1) is 11.5. The summed E-state index contributed by atoms with van der Waals surface area (Å²) in [6.45, 7) is 4.71. The van der Waals surface area contributed by atoms with Gasteiger partial charge < -0.3 is 0 Å². The Bertz CT molecular complexity index is 79.3. The van der Waals surface area contributed by atoms with E-state index in [4.69, 9.17) is 0 Å². The minimum Gasteiger partial charge on any atom is -0.0864 e. The molecule has 0 saturated heterocycles. The topological polar surface area (TPSA) is 0 Å². The second-order valence-corrected chi connectivity index (χ2v) is 5.29. The van der Waals surface area contributed by atoms with Crippen molar-refractivity contribution in [2.45, 2.75) is 33.1 Å². The molecule has 0 aromatic rings. The molecular formula is C8H16I2. The van der Waals surface area contributed by atoms with Crippen molar-refractivity contribution in [3.8, 4) is 0 Å². The predicted octanol–water partition coefficient (Wildman–Crippen LogP) is 4.05. The van der Waals surface area contributed by atoms with Gasteiger partial charge in [0.05, 0.1) is 0 Å². The fourth-order valence-electron chi connectivity index (χ4n) is 0.765. The summed E-state index contributed by atoms with van der Waals surface area (Å²) < 4.78 is 2.60. The van der Waals surface area contributed by atoms with Gasteiger partial charge in [0.25, 0.3) is 0 Å². The summed E-state index contributed by atoms with van der Waals surface area (Å²) in [5.74, 6) is 0. The molecule has 0 saturated carbocycles. The van der Waals surface area contributed by atoms with Gasteiger partial charge in [-0.2, -0.15) is 0 Å². The lowest BCUT2D eigenvalue weighted by Gasteiger charge is -2.20. The Kier molecular flexibility index (Phi) is 6.91. The summed E-state index contributed by atoms with van der Waals surface area (Å²) in [7, 11) is 0. The fraction of sp³-hybridized carbons (Fsp3) is 1.00. The van der Waals surface area contributed by atoms with Gasteiger partial charge in [-0.1, -0.05) is 65.5 Å². The van der Waals surface area contributed by atoms with E-state index >= 15 is 0 Å². The third kappa shape index (κ3) is 6.19. The molecule has 0 aromatic carbocycles. The van der Waals surface area contributed by atoms with Gasteiger partial charge in [0.15, 0.2) is 0 Å². The molecule has 2 heteroatoms. The zero-order valence-corrected chi connectivity index (χ0v) is 11.1. The highest BCUT2D eigenvalue weighted by atomic mass is 127. The van der Waals surface area contributed by atoms with E-state index in [0.29, 0.717) is 5.41 Å². The number of unbranched alkanes of at least 4 members (excludes halogenated alkanes) is 1. The lowest BCUT2D eigenvalue weighted by Crippen LogP contribution is -2.12. The Morgan fingerprint density at radius 2 is 1.70 bits per heavy atom. The second kappa shape index (κ2) is 6.03. The molecule has 0 bridgehead atoms. The Morgan fingerprint density at radius 1 is 1.10 bits per heavy atom. The van der Waals surface area contributed by atoms with Gasteiger partial charge in [0.2, 0.25) is 0 Å². The van der Waals surface area contributed by atoms with Crippen LogP contribution in [0.25, 0.3) is 0 Å². The van der Waals surface area contributed by atoms with E-state index in [9.17, 15) is 0 Å². The maximum atomic E-state index is 2.48. The summed E-state index contributed by atoms with van der Waals surface area (Å²) in [4.78, 5) is 0. The molecule has 10 heavy (non-hydrogen) atoms. The highest BCUT2D eigenvalue weighted by molar-refractivity contribution is 14.1. The lowest BCUT2D eigenvalue weighted by atomic mass is 9.90. The monoisotopic (exact) mass is 366 g/mol. The minimum absolute atomic E-state index is 0.576. The van der Waals surface area contributed by atoms with E-state index in [2.05, 4.69) is 59.0 Å². The van der Waals surface area contributed by atoms with Crippen LogP contribution in [0.4, 0.5) is 0 Å². The summed E-state index contributed by atoms with van der Waals surface area (Å²) in [5.41, 5.74) is 0.576. The Morgan fingerprint density at radius 3 is 2.10 bits per heavy atom. The molecule has 0 aliphatic carbocycles. The molecule has 0 rings (SSSR count). The molecule has 0 heterocycles. The number of alkyl halides is 2.